The van der Waals surface area contributed by atoms with Gasteiger partial charge >= 0.3 is 7.12 Å². The highest BCUT2D eigenvalue weighted by atomic mass is 79.9. The molecule has 0 saturated heterocycles. The van der Waals surface area contributed by atoms with E-state index in [0.29, 0.717) is 17.2 Å². The van der Waals surface area contributed by atoms with E-state index in [1.807, 2.05) is 109 Å². The molecule has 0 fully saturated rings. The number of hydrogen-bond donors (Lipinski definition) is 2. The molecule has 14 aromatic carbocycles. The first-order valence-corrected chi connectivity index (χ1v) is 32.6. The summed E-state index contributed by atoms with van der Waals surface area (Å²) in [6.45, 7) is 0. The van der Waals surface area contributed by atoms with E-state index in [9.17, 15) is 10.0 Å². The van der Waals surface area contributed by atoms with Gasteiger partial charge in [-0.15, -0.1) is 0 Å². The first kappa shape index (κ1) is 60.3. The topological polar surface area (TPSA) is 101 Å². The molecule has 0 atom stereocenters. The normalized spacial score (nSPS) is 11.1. The van der Waals surface area contributed by atoms with Crippen LogP contribution in [0.15, 0.2) is 365 Å². The molecule has 0 aliphatic heterocycles. The van der Waals surface area contributed by atoms with E-state index in [1.54, 1.807) is 6.07 Å². The zero-order chi connectivity index (χ0) is 64.7. The Bertz CT molecular complexity index is 5360. The largest absolute Gasteiger partial charge is 0.489 e. The molecule has 0 aliphatic carbocycles. The average Bonchev–Trinajstić information content (AvgIpc) is 1.54. The van der Waals surface area contributed by atoms with Gasteiger partial charge in [-0.25, -0.2) is 9.97 Å². The quantitative estimate of drug-likeness (QED) is 0.118. The van der Waals surface area contributed by atoms with Gasteiger partial charge in [0.05, 0.1) is 11.0 Å². The minimum Gasteiger partial charge on any atom is -0.436 e. The molecule has 0 saturated carbocycles. The number of aromatic nitrogens is 3. The Morgan fingerprint density at radius 1 is 0.302 bits per heavy atom. The van der Waals surface area contributed by atoms with Gasteiger partial charge in [0.15, 0.2) is 11.2 Å². The van der Waals surface area contributed by atoms with Crippen molar-refractivity contribution in [3.05, 3.63) is 356 Å². The number of hydrogen-bond acceptors (Lipinski definition) is 7. The van der Waals surface area contributed by atoms with Crippen molar-refractivity contribution < 1.29 is 18.9 Å². The van der Waals surface area contributed by atoms with Gasteiger partial charge in [0.2, 0.25) is 11.8 Å². The molecule has 0 radical (unpaired) electrons. The fourth-order valence-electron chi connectivity index (χ4n) is 12.6. The van der Waals surface area contributed by atoms with Gasteiger partial charge in [0, 0.05) is 49.1 Å². The summed E-state index contributed by atoms with van der Waals surface area (Å²) >= 11 is 3.59. The summed E-state index contributed by atoms with van der Waals surface area (Å²) < 4.78 is 15.2. The fraction of sp³-hybridized carbons (Fsp3) is 0. The first-order chi connectivity index (χ1) is 47.4. The average molecular weight is 1300 g/mol. The lowest BCUT2D eigenvalue weighted by Crippen LogP contribution is -2.31. The smallest absolute Gasteiger partial charge is 0.436 e. The number of oxazole rings is 2. The summed E-state index contributed by atoms with van der Waals surface area (Å²) in [5.41, 5.74) is 23.7. The molecule has 17 rings (SSSR count). The van der Waals surface area contributed by atoms with E-state index in [2.05, 4.69) is 272 Å². The minimum atomic E-state index is -1.49. The monoisotopic (exact) mass is 1300 g/mol. The summed E-state index contributed by atoms with van der Waals surface area (Å²) in [6.07, 6.45) is 0. The SMILES string of the molecule is Brc1ccccc1-c1ccc(-c2nc3ccccc3o2)cc1.OB(O)c1ccccc1-c1ccc(-n2c3ccccc3c3ccccc32)cc1.c1ccc(N(c2ccccc2)c2ccc(-c3ccccc3-c3ccccc3-c3ccc(-c4nc5ccccc5o4)cc3)cc2)cc1. The predicted octanol–water partition coefficient (Wildman–Crippen LogP) is 22.0. The van der Waals surface area contributed by atoms with Crippen LogP contribution in [0.2, 0.25) is 0 Å². The van der Waals surface area contributed by atoms with E-state index in [4.69, 9.17) is 8.83 Å². The standard InChI is InChI=1S/C43H30N2O.C24H18BNO2.C19H12BrNO/c1-3-13-34(14-4-1)45(35-15-5-2-6-16-35)36-29-27-32(28-30-36)38-18-8-10-20-40(38)39-19-9-7-17-37(39)31-23-25-33(26-24-31)43-44-41-21-11-12-22-42(41)46-43;27-25(28)22-10-4-1-7-19(22)17-13-15-18(16-14-17)26-23-11-5-2-8-20(23)21-9-3-6-12-24(21)26;20-16-6-2-1-5-15(16)13-9-11-14(12-10-13)19-21-17-7-3-4-8-18(17)22-19/h1-30H;1-16,27-28H;1-12H. The molecule has 0 bridgehead atoms. The number of rotatable bonds is 12. The summed E-state index contributed by atoms with van der Waals surface area (Å²) in [7, 11) is -1.49. The molecule has 0 amide bonds. The highest BCUT2D eigenvalue weighted by Crippen LogP contribution is 2.42. The molecule has 458 valence electrons. The van der Waals surface area contributed by atoms with Crippen LogP contribution in [-0.2, 0) is 0 Å². The molecule has 8 nitrogen and oxygen atoms in total. The van der Waals surface area contributed by atoms with Crippen molar-refractivity contribution >= 4 is 89.6 Å². The third kappa shape index (κ3) is 12.5. The third-order valence-corrected chi connectivity index (χ3v) is 17.9. The molecular weight excluding hydrogens is 1240 g/mol. The molecular formula is C86H60BBrN4O4. The maximum absolute atomic E-state index is 9.66. The van der Waals surface area contributed by atoms with Crippen LogP contribution in [0.3, 0.4) is 0 Å². The van der Waals surface area contributed by atoms with Gasteiger partial charge < -0.3 is 28.3 Å². The molecule has 3 heterocycles. The van der Waals surface area contributed by atoms with E-state index >= 15 is 0 Å². The summed E-state index contributed by atoms with van der Waals surface area (Å²) in [5, 5.41) is 21.8. The van der Waals surface area contributed by atoms with Crippen LogP contribution in [0, 0.1) is 0 Å². The Kier molecular flexibility index (Phi) is 17.2. The van der Waals surface area contributed by atoms with Crippen LogP contribution in [0.4, 0.5) is 17.1 Å². The van der Waals surface area contributed by atoms with Gasteiger partial charge in [-0.05, 0) is 176 Å². The molecule has 0 spiro atoms. The van der Waals surface area contributed by atoms with Crippen molar-refractivity contribution in [2.45, 2.75) is 0 Å². The van der Waals surface area contributed by atoms with Crippen LogP contribution < -0.4 is 10.4 Å². The van der Waals surface area contributed by atoms with Gasteiger partial charge in [-0.2, -0.15) is 0 Å². The van der Waals surface area contributed by atoms with Crippen LogP contribution in [0.25, 0.3) is 128 Å². The summed E-state index contributed by atoms with van der Waals surface area (Å²) in [4.78, 5) is 11.5. The van der Waals surface area contributed by atoms with Crippen LogP contribution >= 0.6 is 15.9 Å². The van der Waals surface area contributed by atoms with Crippen molar-refractivity contribution in [2.75, 3.05) is 4.90 Å². The van der Waals surface area contributed by atoms with Crippen molar-refractivity contribution in [1.82, 2.24) is 14.5 Å². The highest BCUT2D eigenvalue weighted by molar-refractivity contribution is 9.10. The number of nitrogens with zero attached hydrogens (tertiary/aromatic N) is 4. The minimum absolute atomic E-state index is 0.507. The molecule has 10 heteroatoms. The molecule has 17 aromatic rings. The highest BCUT2D eigenvalue weighted by Gasteiger charge is 2.20. The van der Waals surface area contributed by atoms with Crippen LogP contribution in [0.5, 0.6) is 0 Å². The number of anilines is 3. The second kappa shape index (κ2) is 27.3. The second-order valence-corrected chi connectivity index (χ2v) is 24.0. The van der Waals surface area contributed by atoms with E-state index < -0.39 is 7.12 Å². The molecule has 0 unspecified atom stereocenters. The lowest BCUT2D eigenvalue weighted by atomic mass is 9.75. The van der Waals surface area contributed by atoms with Gasteiger partial charge in [0.1, 0.15) is 11.0 Å². The van der Waals surface area contributed by atoms with Crippen LogP contribution in [-0.4, -0.2) is 31.7 Å². The Labute approximate surface area is 564 Å². The number of halogens is 1. The Balaban J connectivity index is 0.000000128. The number of fused-ring (bicyclic) bond motifs is 5. The number of benzene rings is 14. The van der Waals surface area contributed by atoms with Crippen molar-refractivity contribution in [3.63, 3.8) is 0 Å². The fourth-order valence-corrected chi connectivity index (χ4v) is 13.1. The number of para-hydroxylation sites is 8. The van der Waals surface area contributed by atoms with Crippen molar-refractivity contribution in [2.24, 2.45) is 0 Å². The Hall–Kier alpha value is -11.9. The maximum Gasteiger partial charge on any atom is 0.489 e. The van der Waals surface area contributed by atoms with E-state index in [0.717, 1.165) is 82.8 Å². The molecule has 0 aliphatic rings. The van der Waals surface area contributed by atoms with Crippen molar-refractivity contribution in [3.8, 4) is 84.2 Å². The molecule has 3 aromatic heterocycles. The first-order valence-electron chi connectivity index (χ1n) is 31.8. The second-order valence-electron chi connectivity index (χ2n) is 23.1. The Morgan fingerprint density at radius 3 is 1.12 bits per heavy atom. The zero-order valence-electron chi connectivity index (χ0n) is 51.9. The zero-order valence-corrected chi connectivity index (χ0v) is 53.5. The summed E-state index contributed by atoms with van der Waals surface area (Å²) in [6, 6.07) is 120. The lowest BCUT2D eigenvalue weighted by molar-refractivity contribution is 0.426. The maximum atomic E-state index is 9.66. The van der Waals surface area contributed by atoms with Gasteiger partial charge in [-0.1, -0.05) is 253 Å². The third-order valence-electron chi connectivity index (χ3n) is 17.2. The van der Waals surface area contributed by atoms with Crippen LogP contribution in [0.1, 0.15) is 0 Å². The van der Waals surface area contributed by atoms with Gasteiger partial charge in [0.25, 0.3) is 0 Å². The summed E-state index contributed by atoms with van der Waals surface area (Å²) in [5.74, 6) is 1.28. The Morgan fingerprint density at radius 2 is 0.646 bits per heavy atom. The molecule has 96 heavy (non-hydrogen) atoms. The van der Waals surface area contributed by atoms with E-state index in [1.165, 1.54) is 55.2 Å². The van der Waals surface area contributed by atoms with E-state index in [-0.39, 0.29) is 0 Å². The molecule has 2 N–H and O–H groups in total. The predicted molar refractivity (Wildman–Crippen MR) is 399 cm³/mol. The van der Waals surface area contributed by atoms with Crippen molar-refractivity contribution in [1.29, 1.82) is 0 Å². The van der Waals surface area contributed by atoms with Gasteiger partial charge in [-0.3, -0.25) is 0 Å². The lowest BCUT2D eigenvalue weighted by Gasteiger charge is -2.25.